The summed E-state index contributed by atoms with van der Waals surface area (Å²) >= 11 is 0. The fourth-order valence-electron chi connectivity index (χ4n) is 3.51. The molecule has 0 fully saturated rings. The van der Waals surface area contributed by atoms with Gasteiger partial charge in [-0.1, -0.05) is 11.6 Å². The van der Waals surface area contributed by atoms with E-state index in [1.165, 1.54) is 11.6 Å². The van der Waals surface area contributed by atoms with Gasteiger partial charge in [0.2, 0.25) is 0 Å². The topological polar surface area (TPSA) is 49.7 Å². The van der Waals surface area contributed by atoms with E-state index in [2.05, 4.69) is 26.8 Å². The van der Waals surface area contributed by atoms with Gasteiger partial charge in [0.05, 0.1) is 0 Å². The molecule has 0 bridgehead atoms. The van der Waals surface area contributed by atoms with Crippen molar-refractivity contribution in [1.29, 1.82) is 0 Å². The van der Waals surface area contributed by atoms with Gasteiger partial charge in [-0.15, -0.1) is 0 Å². The van der Waals surface area contributed by atoms with Crippen molar-refractivity contribution < 1.29 is 14.9 Å². The average molecular weight is 260 g/mol. The highest BCUT2D eigenvalue weighted by molar-refractivity contribution is 5.55. The summed E-state index contributed by atoms with van der Waals surface area (Å²) in [4.78, 5) is 0. The summed E-state index contributed by atoms with van der Waals surface area (Å²) < 4.78 is 6.04. The van der Waals surface area contributed by atoms with Gasteiger partial charge in [-0.2, -0.15) is 0 Å². The van der Waals surface area contributed by atoms with Crippen LogP contribution in [0, 0.1) is 5.92 Å². The van der Waals surface area contributed by atoms with Gasteiger partial charge in [-0.3, -0.25) is 0 Å². The number of phenols is 2. The Balaban J connectivity index is 2.21. The van der Waals surface area contributed by atoms with Gasteiger partial charge in [0.15, 0.2) is 0 Å². The van der Waals surface area contributed by atoms with Gasteiger partial charge in [-0.25, -0.2) is 0 Å². The monoisotopic (exact) mass is 260 g/mol. The molecule has 0 radical (unpaired) electrons. The molecular weight excluding hydrogens is 240 g/mol. The number of fused-ring (bicyclic) bond motifs is 3. The van der Waals surface area contributed by atoms with E-state index in [0.29, 0.717) is 11.7 Å². The minimum Gasteiger partial charge on any atom is -0.508 e. The molecule has 19 heavy (non-hydrogen) atoms. The molecule has 1 aliphatic carbocycles. The van der Waals surface area contributed by atoms with Gasteiger partial charge in [0, 0.05) is 29.5 Å². The molecule has 0 aromatic heterocycles. The zero-order valence-electron chi connectivity index (χ0n) is 11.6. The number of allylic oxidation sites excluding steroid dienone is 2. The van der Waals surface area contributed by atoms with E-state index < -0.39 is 0 Å². The predicted octanol–water partition coefficient (Wildman–Crippen LogP) is 3.71. The first-order valence-electron chi connectivity index (χ1n) is 6.80. The number of hydrogen-bond acceptors (Lipinski definition) is 3. The maximum Gasteiger partial charge on any atom is 0.131 e. The summed E-state index contributed by atoms with van der Waals surface area (Å²) in [6.45, 7) is 6.31. The molecule has 0 saturated heterocycles. The van der Waals surface area contributed by atoms with Crippen LogP contribution in [0.25, 0.3) is 0 Å². The van der Waals surface area contributed by atoms with Crippen molar-refractivity contribution in [2.75, 3.05) is 0 Å². The van der Waals surface area contributed by atoms with Gasteiger partial charge < -0.3 is 14.9 Å². The lowest BCUT2D eigenvalue weighted by Crippen LogP contribution is -2.45. The van der Waals surface area contributed by atoms with E-state index in [0.717, 1.165) is 18.4 Å². The van der Waals surface area contributed by atoms with Crippen LogP contribution in [0.2, 0.25) is 0 Å². The second-order valence-electron chi connectivity index (χ2n) is 6.27. The van der Waals surface area contributed by atoms with Gasteiger partial charge in [-0.05, 0) is 33.6 Å². The molecule has 1 heterocycles. The largest absolute Gasteiger partial charge is 0.508 e. The predicted molar refractivity (Wildman–Crippen MR) is 73.7 cm³/mol. The second-order valence-corrected chi connectivity index (χ2v) is 6.27. The third kappa shape index (κ3) is 1.88. The van der Waals surface area contributed by atoms with Crippen LogP contribution >= 0.6 is 0 Å². The SMILES string of the molecule is CC1=C[C@H]2c3c(O)cc(O)cc3OC(C)(C)[C@@H]2CC1. The van der Waals surface area contributed by atoms with Crippen molar-refractivity contribution in [3.05, 3.63) is 29.3 Å². The Labute approximate surface area is 113 Å². The summed E-state index contributed by atoms with van der Waals surface area (Å²) in [6.07, 6.45) is 4.40. The van der Waals surface area contributed by atoms with E-state index in [1.54, 1.807) is 6.07 Å². The van der Waals surface area contributed by atoms with Crippen LogP contribution in [0.4, 0.5) is 0 Å². The fourth-order valence-corrected chi connectivity index (χ4v) is 3.51. The van der Waals surface area contributed by atoms with Crippen LogP contribution in [0.3, 0.4) is 0 Å². The number of benzene rings is 1. The van der Waals surface area contributed by atoms with Crippen LogP contribution in [0.15, 0.2) is 23.8 Å². The molecule has 3 rings (SSSR count). The Bertz CT molecular complexity index is 557. The number of rotatable bonds is 0. The number of aromatic hydroxyl groups is 2. The van der Waals surface area contributed by atoms with Crippen LogP contribution in [0.5, 0.6) is 17.2 Å². The van der Waals surface area contributed by atoms with Crippen molar-refractivity contribution in [3.8, 4) is 17.2 Å². The molecule has 1 aromatic carbocycles. The summed E-state index contributed by atoms with van der Waals surface area (Å²) in [7, 11) is 0. The van der Waals surface area contributed by atoms with E-state index in [9.17, 15) is 10.2 Å². The molecule has 0 spiro atoms. The highest BCUT2D eigenvalue weighted by Crippen LogP contribution is 2.53. The molecular formula is C16H20O3. The molecule has 102 valence electrons. The van der Waals surface area contributed by atoms with Crippen molar-refractivity contribution >= 4 is 0 Å². The first kappa shape index (κ1) is 12.4. The molecule has 2 N–H and O–H groups in total. The van der Waals surface area contributed by atoms with Crippen LogP contribution in [0.1, 0.15) is 45.1 Å². The third-order valence-corrected chi connectivity index (χ3v) is 4.45. The standard InChI is InChI=1S/C16H20O3/c1-9-4-5-12-11(6-9)15-13(18)7-10(17)8-14(15)19-16(12,2)3/h6-8,11-12,17-18H,4-5H2,1-3H3/t11-,12-/m1/s1. The molecule has 3 nitrogen and oxygen atoms in total. The van der Waals surface area contributed by atoms with Crippen LogP contribution < -0.4 is 4.74 Å². The summed E-state index contributed by atoms with van der Waals surface area (Å²) in [5.41, 5.74) is 1.90. The molecule has 0 unspecified atom stereocenters. The number of phenolic OH excluding ortho intramolecular Hbond substituents is 2. The second kappa shape index (κ2) is 3.92. The molecule has 0 amide bonds. The van der Waals surface area contributed by atoms with E-state index in [1.807, 2.05) is 0 Å². The van der Waals surface area contributed by atoms with E-state index in [4.69, 9.17) is 4.74 Å². The van der Waals surface area contributed by atoms with Crippen molar-refractivity contribution in [3.63, 3.8) is 0 Å². The zero-order valence-corrected chi connectivity index (χ0v) is 11.6. The minimum absolute atomic E-state index is 0.0435. The van der Waals surface area contributed by atoms with Crippen LogP contribution in [-0.4, -0.2) is 15.8 Å². The Morgan fingerprint density at radius 3 is 2.74 bits per heavy atom. The summed E-state index contributed by atoms with van der Waals surface area (Å²) in [6, 6.07) is 3.00. The molecule has 0 saturated carbocycles. The normalized spacial score (nSPS) is 27.8. The summed E-state index contributed by atoms with van der Waals surface area (Å²) in [5, 5.41) is 19.8. The number of ether oxygens (including phenoxy) is 1. The van der Waals surface area contributed by atoms with Crippen LogP contribution in [-0.2, 0) is 0 Å². The maximum atomic E-state index is 10.2. The van der Waals surface area contributed by atoms with Gasteiger partial charge in [0.25, 0.3) is 0 Å². The highest BCUT2D eigenvalue weighted by atomic mass is 16.5. The van der Waals surface area contributed by atoms with Crippen molar-refractivity contribution in [1.82, 2.24) is 0 Å². The van der Waals surface area contributed by atoms with Crippen molar-refractivity contribution in [2.45, 2.75) is 45.1 Å². The lowest BCUT2D eigenvalue weighted by molar-refractivity contribution is 0.0106. The van der Waals surface area contributed by atoms with E-state index in [-0.39, 0.29) is 23.0 Å². The zero-order chi connectivity index (χ0) is 13.8. The molecule has 2 aliphatic rings. The molecule has 3 heteroatoms. The lowest BCUT2D eigenvalue weighted by Gasteiger charge is -2.46. The first-order chi connectivity index (χ1) is 8.88. The lowest BCUT2D eigenvalue weighted by atomic mass is 9.68. The Morgan fingerprint density at radius 1 is 1.26 bits per heavy atom. The number of hydrogen-bond donors (Lipinski definition) is 2. The fraction of sp³-hybridized carbons (Fsp3) is 0.500. The minimum atomic E-state index is -0.283. The highest BCUT2D eigenvalue weighted by Gasteiger charge is 2.45. The summed E-state index contributed by atoms with van der Waals surface area (Å²) in [5.74, 6) is 1.32. The van der Waals surface area contributed by atoms with Gasteiger partial charge in [0.1, 0.15) is 22.8 Å². The van der Waals surface area contributed by atoms with Gasteiger partial charge >= 0.3 is 0 Å². The maximum absolute atomic E-state index is 10.2. The van der Waals surface area contributed by atoms with E-state index >= 15 is 0 Å². The molecule has 2 atom stereocenters. The first-order valence-corrected chi connectivity index (χ1v) is 6.80. The average Bonchev–Trinajstić information content (AvgIpc) is 2.25. The Morgan fingerprint density at radius 2 is 2.00 bits per heavy atom. The Hall–Kier alpha value is -1.64. The van der Waals surface area contributed by atoms with Crippen molar-refractivity contribution in [2.24, 2.45) is 5.92 Å². The smallest absolute Gasteiger partial charge is 0.131 e. The Kier molecular flexibility index (Phi) is 2.56. The molecule has 1 aliphatic heterocycles. The molecule has 1 aromatic rings. The third-order valence-electron chi connectivity index (χ3n) is 4.45. The quantitative estimate of drug-likeness (QED) is 0.699.